The van der Waals surface area contributed by atoms with Crippen LogP contribution in [0.1, 0.15) is 25.3 Å². The first-order valence-electron chi connectivity index (χ1n) is 8.33. The summed E-state index contributed by atoms with van der Waals surface area (Å²) >= 11 is 0. The molecule has 1 heterocycles. The van der Waals surface area contributed by atoms with E-state index in [2.05, 4.69) is 5.32 Å². The lowest BCUT2D eigenvalue weighted by atomic mass is 10.0. The molecule has 0 spiro atoms. The van der Waals surface area contributed by atoms with Crippen molar-refractivity contribution in [3.8, 4) is 0 Å². The van der Waals surface area contributed by atoms with Crippen LogP contribution in [0.4, 0.5) is 13.6 Å². The molecule has 138 valence electrons. The fourth-order valence-corrected chi connectivity index (χ4v) is 3.05. The van der Waals surface area contributed by atoms with Crippen molar-refractivity contribution in [2.24, 2.45) is 0 Å². The lowest BCUT2D eigenvalue weighted by molar-refractivity contribution is -0.139. The fraction of sp³-hybridized carbons (Fsp3) is 0.529. The van der Waals surface area contributed by atoms with Gasteiger partial charge in [0.25, 0.3) is 0 Å². The Morgan fingerprint density at radius 3 is 2.56 bits per heavy atom. The molecule has 1 aromatic rings. The Hall–Kier alpha value is -2.22. The summed E-state index contributed by atoms with van der Waals surface area (Å²) < 4.78 is 26.9. The van der Waals surface area contributed by atoms with Crippen LogP contribution >= 0.6 is 0 Å². The van der Waals surface area contributed by atoms with Gasteiger partial charge in [0.15, 0.2) is 0 Å². The summed E-state index contributed by atoms with van der Waals surface area (Å²) in [7, 11) is 0. The van der Waals surface area contributed by atoms with E-state index in [1.54, 1.807) is 9.80 Å². The second-order valence-corrected chi connectivity index (χ2v) is 6.09. The number of hydrogen-bond donors (Lipinski definition) is 2. The van der Waals surface area contributed by atoms with Crippen LogP contribution in [0.3, 0.4) is 0 Å². The number of likely N-dealkylation sites (tertiary alicyclic amines) is 1. The molecule has 0 aliphatic carbocycles. The smallest absolute Gasteiger partial charge is 0.317 e. The van der Waals surface area contributed by atoms with Gasteiger partial charge in [-0.1, -0.05) is 6.07 Å². The minimum Gasteiger partial charge on any atom is -0.480 e. The fourth-order valence-electron chi connectivity index (χ4n) is 3.05. The monoisotopic (exact) mass is 355 g/mol. The van der Waals surface area contributed by atoms with Crippen LogP contribution in [0, 0.1) is 11.6 Å². The molecule has 1 saturated heterocycles. The third kappa shape index (κ3) is 5.38. The van der Waals surface area contributed by atoms with Crippen molar-refractivity contribution in [1.82, 2.24) is 15.1 Å². The van der Waals surface area contributed by atoms with E-state index in [0.717, 1.165) is 12.1 Å². The zero-order chi connectivity index (χ0) is 18.4. The number of amides is 2. The molecule has 2 rings (SSSR count). The van der Waals surface area contributed by atoms with Crippen LogP contribution < -0.4 is 5.32 Å². The van der Waals surface area contributed by atoms with E-state index in [4.69, 9.17) is 5.11 Å². The van der Waals surface area contributed by atoms with Crippen LogP contribution in [0.5, 0.6) is 0 Å². The van der Waals surface area contributed by atoms with Gasteiger partial charge in [-0.15, -0.1) is 0 Å². The summed E-state index contributed by atoms with van der Waals surface area (Å²) in [4.78, 5) is 26.4. The number of carboxylic acid groups (broad SMARTS) is 1. The minimum absolute atomic E-state index is 0.0776. The van der Waals surface area contributed by atoms with E-state index < -0.39 is 17.6 Å². The molecule has 1 aromatic carbocycles. The Balaban J connectivity index is 2.03. The number of carboxylic acids is 1. The minimum atomic E-state index is -1.01. The van der Waals surface area contributed by atoms with Crippen LogP contribution in [0.2, 0.25) is 0 Å². The maximum atomic E-state index is 13.9. The van der Waals surface area contributed by atoms with Crippen molar-refractivity contribution in [2.45, 2.75) is 32.4 Å². The van der Waals surface area contributed by atoms with Crippen LogP contribution in [0.15, 0.2) is 18.2 Å². The van der Waals surface area contributed by atoms with E-state index in [1.165, 1.54) is 6.07 Å². The third-order valence-corrected chi connectivity index (χ3v) is 4.32. The predicted octanol–water partition coefficient (Wildman–Crippen LogP) is 2.05. The number of carbonyl (C=O) groups is 2. The Morgan fingerprint density at radius 1 is 1.32 bits per heavy atom. The third-order valence-electron chi connectivity index (χ3n) is 4.32. The van der Waals surface area contributed by atoms with Gasteiger partial charge in [0, 0.05) is 43.9 Å². The number of urea groups is 1. The second-order valence-electron chi connectivity index (χ2n) is 6.09. The van der Waals surface area contributed by atoms with Crippen LogP contribution in [-0.2, 0) is 11.3 Å². The summed E-state index contributed by atoms with van der Waals surface area (Å²) in [5, 5.41) is 11.9. The van der Waals surface area contributed by atoms with Gasteiger partial charge in [-0.2, -0.15) is 0 Å². The summed E-state index contributed by atoms with van der Waals surface area (Å²) in [5.41, 5.74) is 0.258. The number of aliphatic carboxylic acids is 1. The molecular weight excluding hydrogens is 332 g/mol. The SMILES string of the molecule is CCNC(=O)N1CCC(N(CC(=O)O)Cc2ccc(F)cc2F)CC1. The number of nitrogens with one attached hydrogen (secondary N) is 1. The van der Waals surface area contributed by atoms with E-state index in [1.807, 2.05) is 6.92 Å². The van der Waals surface area contributed by atoms with Crippen LogP contribution in [-0.4, -0.2) is 59.1 Å². The molecule has 25 heavy (non-hydrogen) atoms. The van der Waals surface area contributed by atoms with Crippen molar-refractivity contribution in [3.63, 3.8) is 0 Å². The average molecular weight is 355 g/mol. The van der Waals surface area contributed by atoms with Crippen molar-refractivity contribution in [1.29, 1.82) is 0 Å². The van der Waals surface area contributed by atoms with E-state index in [0.29, 0.717) is 32.5 Å². The van der Waals surface area contributed by atoms with Gasteiger partial charge in [-0.25, -0.2) is 13.6 Å². The summed E-state index contributed by atoms with van der Waals surface area (Å²) in [5.74, 6) is -2.36. The van der Waals surface area contributed by atoms with E-state index in [-0.39, 0.29) is 30.7 Å². The Morgan fingerprint density at radius 2 is 2.00 bits per heavy atom. The number of hydrogen-bond acceptors (Lipinski definition) is 3. The van der Waals surface area contributed by atoms with Gasteiger partial charge in [0.1, 0.15) is 11.6 Å². The zero-order valence-corrected chi connectivity index (χ0v) is 14.2. The molecule has 0 bridgehead atoms. The first kappa shape index (κ1) is 19.1. The predicted molar refractivity (Wildman–Crippen MR) is 88.1 cm³/mol. The lowest BCUT2D eigenvalue weighted by Crippen LogP contribution is -2.50. The molecule has 0 radical (unpaired) electrons. The summed E-state index contributed by atoms with van der Waals surface area (Å²) in [6.45, 7) is 3.27. The molecule has 2 N–H and O–H groups in total. The highest BCUT2D eigenvalue weighted by atomic mass is 19.1. The highest BCUT2D eigenvalue weighted by molar-refractivity contribution is 5.74. The second kappa shape index (κ2) is 8.75. The van der Waals surface area contributed by atoms with Crippen molar-refractivity contribution in [3.05, 3.63) is 35.4 Å². The Kier molecular flexibility index (Phi) is 6.69. The maximum Gasteiger partial charge on any atom is 0.317 e. The molecule has 0 atom stereocenters. The lowest BCUT2D eigenvalue weighted by Gasteiger charge is -2.38. The van der Waals surface area contributed by atoms with Gasteiger partial charge in [0.2, 0.25) is 0 Å². The van der Waals surface area contributed by atoms with Crippen molar-refractivity contribution < 1.29 is 23.5 Å². The normalized spacial score (nSPS) is 15.4. The van der Waals surface area contributed by atoms with E-state index in [9.17, 15) is 18.4 Å². The molecule has 0 saturated carbocycles. The van der Waals surface area contributed by atoms with Gasteiger partial charge in [-0.05, 0) is 25.8 Å². The molecule has 8 heteroatoms. The number of rotatable bonds is 6. The standard InChI is InChI=1S/C17H23F2N3O3/c1-2-20-17(25)21-7-5-14(6-8-21)22(11-16(23)24)10-12-3-4-13(18)9-15(12)19/h3-4,9,14H,2,5-8,10-11H2,1H3,(H,20,25)(H,23,24). The topological polar surface area (TPSA) is 72.9 Å². The first-order chi connectivity index (χ1) is 11.9. The molecule has 0 unspecified atom stereocenters. The highest BCUT2D eigenvalue weighted by Gasteiger charge is 2.28. The van der Waals surface area contributed by atoms with Gasteiger partial charge in [0.05, 0.1) is 6.54 Å². The quantitative estimate of drug-likeness (QED) is 0.819. The Labute approximate surface area is 145 Å². The zero-order valence-electron chi connectivity index (χ0n) is 14.2. The number of nitrogens with zero attached hydrogens (tertiary/aromatic N) is 2. The first-order valence-corrected chi connectivity index (χ1v) is 8.33. The maximum absolute atomic E-state index is 13.9. The average Bonchev–Trinajstić information content (AvgIpc) is 2.56. The van der Waals surface area contributed by atoms with Gasteiger partial charge >= 0.3 is 12.0 Å². The molecule has 6 nitrogen and oxygen atoms in total. The van der Waals surface area contributed by atoms with Crippen LogP contribution in [0.25, 0.3) is 0 Å². The largest absolute Gasteiger partial charge is 0.480 e. The highest BCUT2D eigenvalue weighted by Crippen LogP contribution is 2.20. The molecule has 2 amide bonds. The van der Waals surface area contributed by atoms with Crippen molar-refractivity contribution in [2.75, 3.05) is 26.2 Å². The van der Waals surface area contributed by atoms with Gasteiger partial charge < -0.3 is 15.3 Å². The number of halogens is 2. The molecule has 1 fully saturated rings. The summed E-state index contributed by atoms with van der Waals surface area (Å²) in [6.07, 6.45) is 1.21. The van der Waals surface area contributed by atoms with E-state index >= 15 is 0 Å². The van der Waals surface area contributed by atoms with Crippen molar-refractivity contribution >= 4 is 12.0 Å². The molecule has 0 aromatic heterocycles. The molecule has 1 aliphatic rings. The van der Waals surface area contributed by atoms with Gasteiger partial charge in [-0.3, -0.25) is 9.69 Å². The number of piperidine rings is 1. The summed E-state index contributed by atoms with van der Waals surface area (Å²) in [6, 6.07) is 3.09. The number of benzene rings is 1. The number of carbonyl (C=O) groups excluding carboxylic acids is 1. The molecular formula is C17H23F2N3O3. The molecule has 1 aliphatic heterocycles. The Bertz CT molecular complexity index is 619.